The van der Waals surface area contributed by atoms with Gasteiger partial charge in [-0.05, 0) is 70.9 Å². The second-order valence-electron chi connectivity index (χ2n) is 9.68. The van der Waals surface area contributed by atoms with Crippen molar-refractivity contribution in [3.05, 3.63) is 110 Å². The van der Waals surface area contributed by atoms with Crippen molar-refractivity contribution in [3.8, 4) is 0 Å². The standard InChI is InChI=1S/C29H20ClF4N5O2/c30-21-13-19(29(32,33)34)14-35-26(21)25(16-2-1-3-16)24(18-9-10-22-20(12-18)27(31)38-37-22)17-7-4-15(5-8-17)6-11-23-36-28(40)41-39-23/h4-14,16H,1-3H2,(H,37,38)(H,36,39,40)/b11-6+,25-24+. The van der Waals surface area contributed by atoms with Crippen molar-refractivity contribution in [2.45, 2.75) is 25.4 Å². The Morgan fingerprint density at radius 1 is 1.05 bits per heavy atom. The third-order valence-electron chi connectivity index (χ3n) is 7.10. The molecule has 41 heavy (non-hydrogen) atoms. The summed E-state index contributed by atoms with van der Waals surface area (Å²) in [5.74, 6) is -1.09. The fraction of sp³-hybridized carbons (Fsp3) is 0.172. The molecule has 0 aliphatic heterocycles. The van der Waals surface area contributed by atoms with E-state index in [9.17, 15) is 22.4 Å². The van der Waals surface area contributed by atoms with Crippen LogP contribution >= 0.6 is 11.6 Å². The molecule has 208 valence electrons. The number of aromatic amines is 2. The summed E-state index contributed by atoms with van der Waals surface area (Å²) in [5, 5.41) is 10.1. The summed E-state index contributed by atoms with van der Waals surface area (Å²) in [4.78, 5) is 17.8. The van der Waals surface area contributed by atoms with Gasteiger partial charge in [0.25, 0.3) is 0 Å². The van der Waals surface area contributed by atoms with Gasteiger partial charge in [0, 0.05) is 6.20 Å². The molecule has 3 heterocycles. The molecular formula is C29H20ClF4N5O2. The predicted molar refractivity (Wildman–Crippen MR) is 146 cm³/mol. The van der Waals surface area contributed by atoms with Crippen molar-refractivity contribution in [2.24, 2.45) is 5.92 Å². The lowest BCUT2D eigenvalue weighted by Crippen LogP contribution is -2.17. The maximum atomic E-state index is 14.5. The van der Waals surface area contributed by atoms with E-state index in [1.54, 1.807) is 30.4 Å². The van der Waals surface area contributed by atoms with Gasteiger partial charge in [-0.1, -0.05) is 59.6 Å². The first-order valence-corrected chi connectivity index (χ1v) is 13.0. The van der Waals surface area contributed by atoms with Crippen LogP contribution in [-0.4, -0.2) is 25.3 Å². The van der Waals surface area contributed by atoms with Crippen LogP contribution < -0.4 is 5.76 Å². The second-order valence-corrected chi connectivity index (χ2v) is 10.1. The van der Waals surface area contributed by atoms with E-state index >= 15 is 0 Å². The van der Waals surface area contributed by atoms with E-state index in [0.717, 1.165) is 42.7 Å². The Hall–Kier alpha value is -4.51. The van der Waals surface area contributed by atoms with Crippen LogP contribution in [0.15, 0.2) is 64.0 Å². The van der Waals surface area contributed by atoms with Gasteiger partial charge in [0.1, 0.15) is 0 Å². The first-order chi connectivity index (χ1) is 19.7. The van der Waals surface area contributed by atoms with Crippen LogP contribution in [-0.2, 0) is 6.18 Å². The number of rotatable bonds is 6. The predicted octanol–water partition coefficient (Wildman–Crippen LogP) is 7.38. The van der Waals surface area contributed by atoms with Gasteiger partial charge >= 0.3 is 11.9 Å². The van der Waals surface area contributed by atoms with Crippen molar-refractivity contribution in [1.29, 1.82) is 0 Å². The Morgan fingerprint density at radius 2 is 1.80 bits per heavy atom. The Balaban J connectivity index is 1.53. The molecule has 2 N–H and O–H groups in total. The highest BCUT2D eigenvalue weighted by Gasteiger charge is 2.34. The molecule has 0 spiro atoms. The number of pyridine rings is 1. The number of allylic oxidation sites excluding steroid dienone is 1. The second kappa shape index (κ2) is 10.5. The first-order valence-electron chi connectivity index (χ1n) is 12.6. The zero-order valence-electron chi connectivity index (χ0n) is 21.1. The van der Waals surface area contributed by atoms with Gasteiger partial charge < -0.3 is 0 Å². The molecule has 3 aromatic heterocycles. The number of benzene rings is 2. The third-order valence-corrected chi connectivity index (χ3v) is 7.39. The average molecular weight is 582 g/mol. The Bertz CT molecular complexity index is 1860. The van der Waals surface area contributed by atoms with Gasteiger partial charge in [0.2, 0.25) is 5.95 Å². The summed E-state index contributed by atoms with van der Waals surface area (Å²) in [6.45, 7) is 0. The summed E-state index contributed by atoms with van der Waals surface area (Å²) in [6, 6.07) is 13.4. The van der Waals surface area contributed by atoms with Gasteiger partial charge in [-0.3, -0.25) is 19.6 Å². The largest absolute Gasteiger partial charge is 0.439 e. The van der Waals surface area contributed by atoms with Crippen LogP contribution in [0.4, 0.5) is 17.6 Å². The van der Waals surface area contributed by atoms with Crippen molar-refractivity contribution < 1.29 is 22.1 Å². The quantitative estimate of drug-likeness (QED) is 0.204. The van der Waals surface area contributed by atoms with Crippen LogP contribution in [0.2, 0.25) is 5.02 Å². The molecule has 5 aromatic rings. The summed E-state index contributed by atoms with van der Waals surface area (Å²) >= 11 is 6.48. The molecule has 6 rings (SSSR count). The SMILES string of the molecule is O=c1[nH]c(/C=C/c2ccc(/C(=C(\c3ncc(C(F)(F)F)cc3Cl)C3CCC3)c3ccc4[nH]nc(F)c4c3)cc2)no1. The Kier molecular flexibility index (Phi) is 6.82. The van der Waals surface area contributed by atoms with Crippen molar-refractivity contribution in [2.75, 3.05) is 0 Å². The zero-order chi connectivity index (χ0) is 28.7. The number of aromatic nitrogens is 5. The highest BCUT2D eigenvalue weighted by molar-refractivity contribution is 6.32. The van der Waals surface area contributed by atoms with E-state index in [1.807, 2.05) is 24.3 Å². The molecule has 1 fully saturated rings. The fourth-order valence-corrected chi connectivity index (χ4v) is 5.14. The highest BCUT2D eigenvalue weighted by atomic mass is 35.5. The van der Waals surface area contributed by atoms with Gasteiger partial charge in [-0.2, -0.15) is 17.6 Å². The highest BCUT2D eigenvalue weighted by Crippen LogP contribution is 2.47. The fourth-order valence-electron chi connectivity index (χ4n) is 4.87. The first kappa shape index (κ1) is 26.7. The molecule has 0 bridgehead atoms. The van der Waals surface area contributed by atoms with Crippen LogP contribution in [0.1, 0.15) is 53.0 Å². The molecule has 7 nitrogen and oxygen atoms in total. The summed E-state index contributed by atoms with van der Waals surface area (Å²) in [7, 11) is 0. The molecule has 0 atom stereocenters. The Labute approximate surface area is 234 Å². The third kappa shape index (κ3) is 5.32. The van der Waals surface area contributed by atoms with E-state index in [4.69, 9.17) is 11.6 Å². The minimum Gasteiger partial charge on any atom is -0.296 e. The van der Waals surface area contributed by atoms with Crippen molar-refractivity contribution >= 4 is 45.8 Å². The van der Waals surface area contributed by atoms with Crippen LogP contribution in [0, 0.1) is 11.9 Å². The lowest BCUT2D eigenvalue weighted by Gasteiger charge is -2.31. The summed E-state index contributed by atoms with van der Waals surface area (Å²) in [5.41, 5.74) is 3.36. The number of nitrogens with zero attached hydrogens (tertiary/aromatic N) is 3. The number of fused-ring (bicyclic) bond motifs is 1. The molecule has 0 amide bonds. The summed E-state index contributed by atoms with van der Waals surface area (Å²) in [6.07, 6.45) is 2.06. The minimum atomic E-state index is -4.59. The lowest BCUT2D eigenvalue weighted by atomic mass is 9.74. The zero-order valence-corrected chi connectivity index (χ0v) is 21.9. The molecule has 1 aliphatic carbocycles. The molecule has 0 radical (unpaired) electrons. The van der Waals surface area contributed by atoms with Crippen LogP contribution in [0.3, 0.4) is 0 Å². The van der Waals surface area contributed by atoms with E-state index in [0.29, 0.717) is 22.2 Å². The van der Waals surface area contributed by atoms with Crippen LogP contribution in [0.5, 0.6) is 0 Å². The maximum Gasteiger partial charge on any atom is 0.439 e. The normalized spacial score (nSPS) is 15.0. The number of alkyl halides is 3. The molecule has 0 saturated heterocycles. The molecule has 2 aromatic carbocycles. The number of hydrogen-bond acceptors (Lipinski definition) is 5. The molecule has 0 unspecified atom stereocenters. The van der Waals surface area contributed by atoms with Crippen molar-refractivity contribution in [3.63, 3.8) is 0 Å². The minimum absolute atomic E-state index is 0.0137. The molecule has 1 saturated carbocycles. The molecule has 1 aliphatic rings. The van der Waals surface area contributed by atoms with E-state index in [1.165, 1.54) is 0 Å². The van der Waals surface area contributed by atoms with Gasteiger partial charge in [0.15, 0.2) is 5.82 Å². The molecule has 12 heteroatoms. The number of hydrogen-bond donors (Lipinski definition) is 2. The maximum absolute atomic E-state index is 14.5. The Morgan fingerprint density at radius 3 is 2.44 bits per heavy atom. The smallest absolute Gasteiger partial charge is 0.296 e. The van der Waals surface area contributed by atoms with Crippen molar-refractivity contribution in [1.82, 2.24) is 25.3 Å². The lowest BCUT2D eigenvalue weighted by molar-refractivity contribution is -0.137. The van der Waals surface area contributed by atoms with E-state index in [2.05, 4.69) is 29.8 Å². The van der Waals surface area contributed by atoms with E-state index in [-0.39, 0.29) is 27.8 Å². The van der Waals surface area contributed by atoms with Gasteiger partial charge in [0.05, 0.1) is 27.2 Å². The number of halogens is 5. The summed E-state index contributed by atoms with van der Waals surface area (Å²) < 4.78 is 59.2. The molecular weight excluding hydrogens is 562 g/mol. The average Bonchev–Trinajstić information content (AvgIpc) is 3.51. The van der Waals surface area contributed by atoms with Gasteiger partial charge in [-0.15, -0.1) is 5.10 Å². The van der Waals surface area contributed by atoms with E-state index < -0.39 is 23.4 Å². The van der Waals surface area contributed by atoms with Crippen LogP contribution in [0.25, 0.3) is 34.2 Å². The number of nitrogens with one attached hydrogen (secondary N) is 2. The monoisotopic (exact) mass is 581 g/mol. The number of H-pyrrole nitrogens is 2. The topological polar surface area (TPSA) is 100 Å². The van der Waals surface area contributed by atoms with Gasteiger partial charge in [-0.25, -0.2) is 4.79 Å².